The zero-order valence-electron chi connectivity index (χ0n) is 10.3. The van der Waals surface area contributed by atoms with E-state index in [-0.39, 0.29) is 11.9 Å². The maximum atomic E-state index is 10.9. The molecule has 2 aromatic rings. The van der Waals surface area contributed by atoms with Crippen LogP contribution in [0.5, 0.6) is 5.75 Å². The Labute approximate surface area is 110 Å². The quantitative estimate of drug-likeness (QED) is 0.849. The Morgan fingerprint density at radius 1 is 1.26 bits per heavy atom. The first kappa shape index (κ1) is 12.0. The molecule has 5 heteroatoms. The highest BCUT2D eigenvalue weighted by Gasteiger charge is 2.16. The molecule has 1 radical (unpaired) electrons. The Hall–Kier alpha value is -2.01. The first-order valence-corrected chi connectivity index (χ1v) is 6.26. The lowest BCUT2D eigenvalue weighted by Crippen LogP contribution is -2.25. The van der Waals surface area contributed by atoms with Crippen molar-refractivity contribution in [2.45, 2.75) is 18.9 Å². The van der Waals surface area contributed by atoms with Crippen LogP contribution in [0.3, 0.4) is 0 Å². The van der Waals surface area contributed by atoms with Crippen LogP contribution < -0.4 is 10.5 Å². The van der Waals surface area contributed by atoms with E-state index < -0.39 is 5.91 Å². The summed E-state index contributed by atoms with van der Waals surface area (Å²) in [6.45, 7) is 1.46. The van der Waals surface area contributed by atoms with E-state index in [9.17, 15) is 4.79 Å². The molecule has 1 aliphatic rings. The molecule has 0 bridgehead atoms. The molecule has 1 aliphatic heterocycles. The zero-order valence-corrected chi connectivity index (χ0v) is 10.3. The molecule has 0 aliphatic carbocycles. The fourth-order valence-corrected chi connectivity index (χ4v) is 2.19. The van der Waals surface area contributed by atoms with Gasteiger partial charge in [0.25, 0.3) is 0 Å². The Bertz CT molecular complexity index is 599. The molecule has 19 heavy (non-hydrogen) atoms. The number of rotatable bonds is 3. The molecule has 0 spiro atoms. The van der Waals surface area contributed by atoms with E-state index in [1.54, 1.807) is 12.1 Å². The highest BCUT2D eigenvalue weighted by molar-refractivity contribution is 5.94. The van der Waals surface area contributed by atoms with E-state index in [0.717, 1.165) is 37.2 Å². The molecule has 1 N–H and O–H groups in total. The fraction of sp³-hybridized carbons (Fsp3) is 0.357. The van der Waals surface area contributed by atoms with Gasteiger partial charge in [-0.1, -0.05) is 0 Å². The molecule has 1 saturated heterocycles. The second kappa shape index (κ2) is 4.93. The minimum atomic E-state index is -0.817. The van der Waals surface area contributed by atoms with E-state index in [1.807, 2.05) is 12.1 Å². The van der Waals surface area contributed by atoms with Crippen LogP contribution in [0.4, 0.5) is 0 Å². The summed E-state index contributed by atoms with van der Waals surface area (Å²) in [5, 5.41) is 0.778. The third-order valence-electron chi connectivity index (χ3n) is 3.18. The summed E-state index contributed by atoms with van der Waals surface area (Å²) in [6.07, 6.45) is 1.95. The number of carbonyl (C=O) groups is 1. The SMILES string of the molecule is [NH]C(=O)c1cc2cc(OC3CCOCC3)ccc2o1. The summed E-state index contributed by atoms with van der Waals surface area (Å²) in [6, 6.07) is 6.98. The average Bonchev–Trinajstić information content (AvgIpc) is 2.83. The van der Waals surface area contributed by atoms with E-state index in [4.69, 9.17) is 19.6 Å². The van der Waals surface area contributed by atoms with Crippen molar-refractivity contribution in [2.24, 2.45) is 0 Å². The molecule has 0 unspecified atom stereocenters. The maximum Gasteiger partial charge on any atom is 0.305 e. The van der Waals surface area contributed by atoms with Crippen molar-refractivity contribution in [2.75, 3.05) is 13.2 Å². The van der Waals surface area contributed by atoms with Crippen molar-refractivity contribution < 1.29 is 18.7 Å². The van der Waals surface area contributed by atoms with Crippen LogP contribution in [-0.2, 0) is 4.74 Å². The van der Waals surface area contributed by atoms with E-state index in [2.05, 4.69) is 0 Å². The predicted octanol–water partition coefficient (Wildman–Crippen LogP) is 2.41. The Kier molecular flexibility index (Phi) is 3.13. The first-order chi connectivity index (χ1) is 9.22. The van der Waals surface area contributed by atoms with Gasteiger partial charge >= 0.3 is 5.91 Å². The van der Waals surface area contributed by atoms with Crippen LogP contribution in [-0.4, -0.2) is 25.2 Å². The van der Waals surface area contributed by atoms with Gasteiger partial charge in [-0.15, -0.1) is 0 Å². The summed E-state index contributed by atoms with van der Waals surface area (Å²) in [5.41, 5.74) is 7.62. The van der Waals surface area contributed by atoms with Crippen molar-refractivity contribution in [1.82, 2.24) is 5.73 Å². The fourth-order valence-electron chi connectivity index (χ4n) is 2.19. The minimum absolute atomic E-state index is 0.0539. The molecule has 2 heterocycles. The monoisotopic (exact) mass is 260 g/mol. The van der Waals surface area contributed by atoms with E-state index in [1.165, 1.54) is 0 Å². The molecule has 3 rings (SSSR count). The molecule has 0 atom stereocenters. The number of furan rings is 1. The molecular formula is C14H14NO4. The molecule has 0 saturated carbocycles. The predicted molar refractivity (Wildman–Crippen MR) is 68.1 cm³/mol. The van der Waals surface area contributed by atoms with Crippen LogP contribution in [0.1, 0.15) is 23.4 Å². The van der Waals surface area contributed by atoms with Crippen molar-refractivity contribution in [3.8, 4) is 5.75 Å². The lowest BCUT2D eigenvalue weighted by atomic mass is 10.1. The Morgan fingerprint density at radius 3 is 2.79 bits per heavy atom. The third-order valence-corrected chi connectivity index (χ3v) is 3.18. The summed E-state index contributed by atoms with van der Waals surface area (Å²) in [5.74, 6) is -0.00880. The number of amides is 1. The highest BCUT2D eigenvalue weighted by atomic mass is 16.5. The number of ether oxygens (including phenoxy) is 2. The van der Waals surface area contributed by atoms with Gasteiger partial charge in [0.1, 0.15) is 17.4 Å². The second-order valence-corrected chi connectivity index (χ2v) is 4.57. The number of fused-ring (bicyclic) bond motifs is 1. The largest absolute Gasteiger partial charge is 0.490 e. The van der Waals surface area contributed by atoms with Gasteiger partial charge in [-0.2, -0.15) is 0 Å². The van der Waals surface area contributed by atoms with E-state index in [0.29, 0.717) is 5.58 Å². The lowest BCUT2D eigenvalue weighted by molar-refractivity contribution is 0.0256. The standard InChI is InChI=1S/C14H14NO4/c15-14(16)13-8-9-7-11(1-2-12(9)19-13)18-10-3-5-17-6-4-10/h1-2,7-8,10,15H,3-6H2. The van der Waals surface area contributed by atoms with Crippen molar-refractivity contribution in [1.29, 1.82) is 0 Å². The van der Waals surface area contributed by atoms with Crippen LogP contribution in [0.2, 0.25) is 0 Å². The van der Waals surface area contributed by atoms with Gasteiger partial charge in [0.2, 0.25) is 0 Å². The van der Waals surface area contributed by atoms with Gasteiger partial charge in [-0.05, 0) is 24.3 Å². The number of carbonyl (C=O) groups excluding carboxylic acids is 1. The second-order valence-electron chi connectivity index (χ2n) is 4.57. The normalized spacial score (nSPS) is 16.6. The first-order valence-electron chi connectivity index (χ1n) is 6.26. The van der Waals surface area contributed by atoms with Crippen LogP contribution in [0.25, 0.3) is 11.0 Å². The Balaban J connectivity index is 1.82. The van der Waals surface area contributed by atoms with Crippen molar-refractivity contribution in [3.05, 3.63) is 30.0 Å². The van der Waals surface area contributed by atoms with Gasteiger partial charge < -0.3 is 13.9 Å². The molecule has 1 fully saturated rings. The van der Waals surface area contributed by atoms with Crippen molar-refractivity contribution in [3.63, 3.8) is 0 Å². The van der Waals surface area contributed by atoms with Gasteiger partial charge in [-0.3, -0.25) is 10.5 Å². The number of nitrogens with one attached hydrogen (secondary N) is 1. The molecular weight excluding hydrogens is 246 g/mol. The van der Waals surface area contributed by atoms with Crippen LogP contribution in [0.15, 0.2) is 28.7 Å². The summed E-state index contributed by atoms with van der Waals surface area (Å²) >= 11 is 0. The molecule has 1 amide bonds. The summed E-state index contributed by atoms with van der Waals surface area (Å²) in [4.78, 5) is 10.9. The zero-order chi connectivity index (χ0) is 13.2. The van der Waals surface area contributed by atoms with Gasteiger partial charge in [0.05, 0.1) is 13.2 Å². The summed E-state index contributed by atoms with van der Waals surface area (Å²) in [7, 11) is 0. The topological polar surface area (TPSA) is 72.5 Å². The van der Waals surface area contributed by atoms with Gasteiger partial charge in [0, 0.05) is 18.2 Å². The maximum absolute atomic E-state index is 10.9. The van der Waals surface area contributed by atoms with E-state index >= 15 is 0 Å². The minimum Gasteiger partial charge on any atom is -0.490 e. The lowest BCUT2D eigenvalue weighted by Gasteiger charge is -2.23. The molecule has 1 aromatic heterocycles. The van der Waals surface area contributed by atoms with Gasteiger partial charge in [0.15, 0.2) is 5.76 Å². The van der Waals surface area contributed by atoms with Crippen molar-refractivity contribution >= 4 is 16.9 Å². The molecule has 99 valence electrons. The number of benzene rings is 1. The highest BCUT2D eigenvalue weighted by Crippen LogP contribution is 2.26. The average molecular weight is 260 g/mol. The number of hydrogen-bond acceptors (Lipinski definition) is 4. The van der Waals surface area contributed by atoms with Crippen LogP contribution in [0, 0.1) is 0 Å². The molecule has 5 nitrogen and oxygen atoms in total. The smallest absolute Gasteiger partial charge is 0.305 e. The Morgan fingerprint density at radius 2 is 2.05 bits per heavy atom. The summed E-state index contributed by atoms with van der Waals surface area (Å²) < 4.78 is 16.4. The molecule has 1 aromatic carbocycles. The third kappa shape index (κ3) is 2.56. The van der Waals surface area contributed by atoms with Gasteiger partial charge in [-0.25, -0.2) is 0 Å². The number of hydrogen-bond donors (Lipinski definition) is 0. The van der Waals surface area contributed by atoms with Crippen LogP contribution >= 0.6 is 0 Å².